The number of hydrogen-bond acceptors (Lipinski definition) is 2. The second kappa shape index (κ2) is 5.69. The van der Waals surface area contributed by atoms with Crippen LogP contribution in [0.1, 0.15) is 38.2 Å². The van der Waals surface area contributed by atoms with Crippen LogP contribution in [0.3, 0.4) is 0 Å². The van der Waals surface area contributed by atoms with Crippen molar-refractivity contribution in [3.05, 3.63) is 16.4 Å². The van der Waals surface area contributed by atoms with Gasteiger partial charge >= 0.3 is 0 Å². The fraction of sp³-hybridized carbons (Fsp3) is 0.750. The van der Waals surface area contributed by atoms with Crippen LogP contribution in [0.15, 0.2) is 0 Å². The molecule has 1 unspecified atom stereocenters. The highest BCUT2D eigenvalue weighted by molar-refractivity contribution is 6.31. The molecule has 0 aliphatic carbocycles. The molecule has 0 spiro atoms. The van der Waals surface area contributed by atoms with Crippen LogP contribution in [0.5, 0.6) is 0 Å². The zero-order valence-electron chi connectivity index (χ0n) is 10.8. The van der Waals surface area contributed by atoms with E-state index in [0.29, 0.717) is 12.0 Å². The van der Waals surface area contributed by atoms with Gasteiger partial charge in [-0.1, -0.05) is 25.4 Å². The van der Waals surface area contributed by atoms with Gasteiger partial charge in [0.2, 0.25) is 0 Å². The summed E-state index contributed by atoms with van der Waals surface area (Å²) < 4.78 is 2.00. The number of hydrogen-bond donors (Lipinski definition) is 1. The minimum absolute atomic E-state index is 0.338. The molecule has 0 aliphatic rings. The van der Waals surface area contributed by atoms with Crippen LogP contribution in [0.25, 0.3) is 0 Å². The third kappa shape index (κ3) is 3.22. The molecule has 4 heteroatoms. The van der Waals surface area contributed by atoms with Gasteiger partial charge in [0.25, 0.3) is 0 Å². The summed E-state index contributed by atoms with van der Waals surface area (Å²) in [5.74, 6) is 0.677. The summed E-state index contributed by atoms with van der Waals surface area (Å²) in [6.45, 7) is 12.5. The Bertz CT molecular complexity index is 344. The zero-order chi connectivity index (χ0) is 12.3. The third-order valence-corrected chi connectivity index (χ3v) is 3.19. The number of nitrogens with zero attached hydrogens (tertiary/aromatic N) is 2. The summed E-state index contributed by atoms with van der Waals surface area (Å²) >= 11 is 6.12. The first kappa shape index (κ1) is 13.5. The van der Waals surface area contributed by atoms with Crippen molar-refractivity contribution in [2.75, 3.05) is 13.1 Å². The third-order valence-electron chi connectivity index (χ3n) is 2.65. The summed E-state index contributed by atoms with van der Waals surface area (Å²) in [6.07, 6.45) is 0. The molecule has 0 radical (unpaired) electrons. The Morgan fingerprint density at radius 3 is 2.31 bits per heavy atom. The second-order valence-electron chi connectivity index (χ2n) is 4.83. The summed E-state index contributed by atoms with van der Waals surface area (Å²) in [5.41, 5.74) is 1.97. The monoisotopic (exact) mass is 243 g/mol. The van der Waals surface area contributed by atoms with Gasteiger partial charge in [0, 0.05) is 6.54 Å². The van der Waals surface area contributed by atoms with Crippen molar-refractivity contribution in [3.8, 4) is 0 Å². The van der Waals surface area contributed by atoms with E-state index < -0.39 is 0 Å². The van der Waals surface area contributed by atoms with E-state index in [4.69, 9.17) is 11.6 Å². The Hall–Kier alpha value is -0.540. The molecule has 1 heterocycles. The SMILES string of the molecule is Cc1nn(C(C)CNCC(C)C)c(C)c1Cl. The summed E-state index contributed by atoms with van der Waals surface area (Å²) in [6, 6.07) is 0.338. The molecule has 1 aromatic rings. The molecular weight excluding hydrogens is 222 g/mol. The Morgan fingerprint density at radius 2 is 1.88 bits per heavy atom. The molecule has 1 atom stereocenters. The van der Waals surface area contributed by atoms with Gasteiger partial charge in [-0.15, -0.1) is 0 Å². The van der Waals surface area contributed by atoms with Crippen LogP contribution < -0.4 is 5.32 Å². The molecular formula is C12H22ClN3. The topological polar surface area (TPSA) is 29.9 Å². The lowest BCUT2D eigenvalue weighted by molar-refractivity contribution is 0.427. The lowest BCUT2D eigenvalue weighted by Gasteiger charge is -2.16. The first-order valence-corrected chi connectivity index (χ1v) is 6.23. The van der Waals surface area contributed by atoms with E-state index in [9.17, 15) is 0 Å². The first-order valence-electron chi connectivity index (χ1n) is 5.85. The zero-order valence-corrected chi connectivity index (χ0v) is 11.6. The molecule has 3 nitrogen and oxygen atoms in total. The maximum Gasteiger partial charge on any atom is 0.0844 e. The van der Waals surface area contributed by atoms with Gasteiger partial charge in [0.05, 0.1) is 22.5 Å². The van der Waals surface area contributed by atoms with E-state index in [1.807, 2.05) is 18.5 Å². The lowest BCUT2D eigenvalue weighted by Crippen LogP contribution is -2.27. The van der Waals surface area contributed by atoms with Gasteiger partial charge in [-0.25, -0.2) is 0 Å². The van der Waals surface area contributed by atoms with E-state index in [0.717, 1.165) is 29.5 Å². The fourth-order valence-corrected chi connectivity index (χ4v) is 1.86. The number of nitrogens with one attached hydrogen (secondary N) is 1. The van der Waals surface area contributed by atoms with E-state index in [1.54, 1.807) is 0 Å². The molecule has 1 N–H and O–H groups in total. The Labute approximate surface area is 103 Å². The van der Waals surface area contributed by atoms with Crippen molar-refractivity contribution in [2.45, 2.75) is 40.7 Å². The highest BCUT2D eigenvalue weighted by Crippen LogP contribution is 2.21. The van der Waals surface area contributed by atoms with Crippen LogP contribution >= 0.6 is 11.6 Å². The summed E-state index contributed by atoms with van der Waals surface area (Å²) in [7, 11) is 0. The minimum atomic E-state index is 0.338. The Morgan fingerprint density at radius 1 is 1.25 bits per heavy atom. The normalized spacial score (nSPS) is 13.4. The summed E-state index contributed by atoms with van der Waals surface area (Å²) in [4.78, 5) is 0. The van der Waals surface area contributed by atoms with E-state index in [-0.39, 0.29) is 0 Å². The van der Waals surface area contributed by atoms with Crippen LogP contribution in [0.4, 0.5) is 0 Å². The first-order chi connectivity index (χ1) is 7.43. The van der Waals surface area contributed by atoms with Gasteiger partial charge in [-0.2, -0.15) is 5.10 Å². The van der Waals surface area contributed by atoms with Crippen LogP contribution in [-0.2, 0) is 0 Å². The standard InChI is InChI=1S/C12H22ClN3/c1-8(2)6-14-7-9(3)16-11(5)12(13)10(4)15-16/h8-9,14H,6-7H2,1-5H3. The molecule has 0 aromatic carbocycles. The molecule has 0 saturated heterocycles. The number of halogens is 1. The van der Waals surface area contributed by atoms with E-state index in [2.05, 4.69) is 31.2 Å². The molecule has 92 valence electrons. The van der Waals surface area contributed by atoms with Crippen molar-refractivity contribution in [2.24, 2.45) is 5.92 Å². The van der Waals surface area contributed by atoms with Crippen molar-refractivity contribution in [1.29, 1.82) is 0 Å². The van der Waals surface area contributed by atoms with Gasteiger partial charge in [-0.3, -0.25) is 4.68 Å². The summed E-state index contributed by atoms with van der Waals surface area (Å²) in [5, 5.41) is 8.67. The molecule has 0 bridgehead atoms. The Balaban J connectivity index is 2.59. The van der Waals surface area contributed by atoms with Crippen molar-refractivity contribution in [1.82, 2.24) is 15.1 Å². The predicted octanol–water partition coefficient (Wildman–Crippen LogP) is 2.96. The maximum atomic E-state index is 6.12. The van der Waals surface area contributed by atoms with Gasteiger partial charge in [0.1, 0.15) is 0 Å². The van der Waals surface area contributed by atoms with Gasteiger partial charge in [-0.05, 0) is 33.2 Å². The molecule has 0 aliphatic heterocycles. The molecule has 0 saturated carbocycles. The van der Waals surface area contributed by atoms with Crippen molar-refractivity contribution >= 4 is 11.6 Å². The van der Waals surface area contributed by atoms with Crippen molar-refractivity contribution < 1.29 is 0 Å². The molecule has 0 fully saturated rings. The smallest absolute Gasteiger partial charge is 0.0844 e. The van der Waals surface area contributed by atoms with E-state index in [1.165, 1.54) is 0 Å². The highest BCUT2D eigenvalue weighted by atomic mass is 35.5. The van der Waals surface area contributed by atoms with E-state index >= 15 is 0 Å². The average molecular weight is 244 g/mol. The number of aromatic nitrogens is 2. The number of rotatable bonds is 5. The highest BCUT2D eigenvalue weighted by Gasteiger charge is 2.13. The molecule has 16 heavy (non-hydrogen) atoms. The molecule has 0 amide bonds. The van der Waals surface area contributed by atoms with Gasteiger partial charge in [0.15, 0.2) is 0 Å². The molecule has 1 aromatic heterocycles. The maximum absolute atomic E-state index is 6.12. The number of aryl methyl sites for hydroxylation is 1. The fourth-order valence-electron chi connectivity index (χ4n) is 1.74. The van der Waals surface area contributed by atoms with Crippen LogP contribution in [-0.4, -0.2) is 22.9 Å². The quantitative estimate of drug-likeness (QED) is 0.862. The second-order valence-corrected chi connectivity index (χ2v) is 5.21. The largest absolute Gasteiger partial charge is 0.314 e. The minimum Gasteiger partial charge on any atom is -0.314 e. The van der Waals surface area contributed by atoms with Crippen LogP contribution in [0.2, 0.25) is 5.02 Å². The Kier molecular flexibility index (Phi) is 4.81. The van der Waals surface area contributed by atoms with Gasteiger partial charge < -0.3 is 5.32 Å². The van der Waals surface area contributed by atoms with Crippen LogP contribution in [0, 0.1) is 19.8 Å². The average Bonchev–Trinajstić information content (AvgIpc) is 2.45. The van der Waals surface area contributed by atoms with Crippen molar-refractivity contribution in [3.63, 3.8) is 0 Å². The molecule has 1 rings (SSSR count). The lowest BCUT2D eigenvalue weighted by atomic mass is 10.2. The predicted molar refractivity (Wildman–Crippen MR) is 69.1 cm³/mol.